The van der Waals surface area contributed by atoms with E-state index in [-0.39, 0.29) is 16.8 Å². The van der Waals surface area contributed by atoms with Crippen LogP contribution >= 0.6 is 35.1 Å². The summed E-state index contributed by atoms with van der Waals surface area (Å²) in [6, 6.07) is 4.36. The minimum absolute atomic E-state index is 0.0472. The third-order valence-electron chi connectivity index (χ3n) is 5.68. The monoisotopic (exact) mass is 385 g/mol. The molecule has 0 aromatic heterocycles. The Hall–Kier alpha value is -0.390. The summed E-state index contributed by atoms with van der Waals surface area (Å²) in [4.78, 5) is 12.7. The van der Waals surface area contributed by atoms with Gasteiger partial charge in [-0.05, 0) is 55.7 Å². The topological polar surface area (TPSA) is 29.1 Å². The first-order valence-corrected chi connectivity index (χ1v) is 11.0. The molecule has 1 aromatic carbocycles. The molecule has 1 aromatic rings. The van der Waals surface area contributed by atoms with E-state index in [0.717, 1.165) is 12.8 Å². The molecule has 6 heteroatoms. The van der Waals surface area contributed by atoms with E-state index in [2.05, 4.69) is 28.8 Å². The van der Waals surface area contributed by atoms with Crippen LogP contribution in [0.4, 0.5) is 10.1 Å². The van der Waals surface area contributed by atoms with Crippen molar-refractivity contribution in [3.63, 3.8) is 0 Å². The summed E-state index contributed by atoms with van der Waals surface area (Å²) in [5.74, 6) is 3.48. The van der Waals surface area contributed by atoms with Crippen LogP contribution < -0.4 is 5.32 Å². The molecule has 2 atom stereocenters. The molecule has 1 spiro atoms. The van der Waals surface area contributed by atoms with Crippen molar-refractivity contribution in [3.05, 3.63) is 29.0 Å². The Balaban J connectivity index is 1.47. The van der Waals surface area contributed by atoms with Gasteiger partial charge in [0, 0.05) is 23.1 Å². The maximum absolute atomic E-state index is 13.3. The fourth-order valence-corrected chi connectivity index (χ4v) is 8.76. The molecule has 2 nitrogen and oxygen atoms in total. The Labute approximate surface area is 155 Å². The summed E-state index contributed by atoms with van der Waals surface area (Å²) in [5, 5.41) is 2.99. The van der Waals surface area contributed by atoms with Gasteiger partial charge in [-0.15, -0.1) is 23.5 Å². The Bertz CT molecular complexity index is 634. The molecule has 2 saturated carbocycles. The van der Waals surface area contributed by atoms with Crippen molar-refractivity contribution >= 4 is 46.7 Å². The van der Waals surface area contributed by atoms with Gasteiger partial charge in [0.1, 0.15) is 5.82 Å². The first kappa shape index (κ1) is 17.0. The van der Waals surface area contributed by atoms with Gasteiger partial charge in [0.25, 0.3) is 0 Å². The van der Waals surface area contributed by atoms with E-state index in [1.807, 2.05) is 0 Å². The zero-order valence-corrected chi connectivity index (χ0v) is 15.8. The summed E-state index contributed by atoms with van der Waals surface area (Å²) < 4.78 is 13.6. The second-order valence-electron chi connectivity index (χ2n) is 7.03. The van der Waals surface area contributed by atoms with Gasteiger partial charge >= 0.3 is 0 Å². The molecule has 3 fully saturated rings. The maximum Gasteiger partial charge on any atom is 0.227 e. The van der Waals surface area contributed by atoms with E-state index < -0.39 is 5.82 Å². The lowest BCUT2D eigenvalue weighted by molar-refractivity contribution is -0.122. The second-order valence-corrected chi connectivity index (χ2v) is 10.4. The molecular weight excluding hydrogens is 365 g/mol. The van der Waals surface area contributed by atoms with E-state index in [0.29, 0.717) is 21.6 Å². The van der Waals surface area contributed by atoms with Crippen molar-refractivity contribution in [2.45, 2.75) is 36.2 Å². The van der Waals surface area contributed by atoms with Crippen molar-refractivity contribution in [2.75, 3.05) is 16.8 Å². The molecule has 1 amide bonds. The van der Waals surface area contributed by atoms with Gasteiger partial charge in [0.05, 0.1) is 9.10 Å². The van der Waals surface area contributed by atoms with Crippen LogP contribution in [0.5, 0.6) is 0 Å². The lowest BCUT2D eigenvalue weighted by atomic mass is 9.67. The predicted octanol–water partition coefficient (Wildman–Crippen LogP) is 5.42. The van der Waals surface area contributed by atoms with Crippen LogP contribution in [-0.2, 0) is 4.79 Å². The minimum Gasteiger partial charge on any atom is -0.326 e. The highest BCUT2D eigenvalue weighted by molar-refractivity contribution is 8.21. The largest absolute Gasteiger partial charge is 0.326 e. The van der Waals surface area contributed by atoms with Gasteiger partial charge in [-0.2, -0.15) is 0 Å². The number of thioether (sulfide) groups is 2. The fraction of sp³-hybridized carbons (Fsp3) is 0.611. The molecule has 3 aliphatic rings. The molecule has 0 radical (unpaired) electrons. The standard InChI is InChI=1S/C18H21ClFNOS2/c19-15-10-14(4-5-16(15)20)21-17(22)11-8-12-2-1-3-13(9-11)18(12)23-6-7-24-18/h4-5,10-13H,1-3,6-9H2,(H,21,22)/t12-,13-/m1/s1. The molecule has 0 unspecified atom stereocenters. The van der Waals surface area contributed by atoms with E-state index >= 15 is 0 Å². The van der Waals surface area contributed by atoms with Gasteiger partial charge in [-0.1, -0.05) is 18.0 Å². The lowest BCUT2D eigenvalue weighted by Gasteiger charge is -2.52. The number of benzene rings is 1. The number of halogens is 2. The van der Waals surface area contributed by atoms with Crippen molar-refractivity contribution < 1.29 is 9.18 Å². The summed E-state index contributed by atoms with van der Waals surface area (Å²) in [6.45, 7) is 0. The number of nitrogens with one attached hydrogen (secondary N) is 1. The SMILES string of the molecule is O=C(Nc1ccc(F)c(Cl)c1)C1C[C@H]2CCC[C@H](C1)C21SCCS1. The van der Waals surface area contributed by atoms with Crippen molar-refractivity contribution in [1.29, 1.82) is 0 Å². The molecule has 1 N–H and O–H groups in total. The van der Waals surface area contributed by atoms with Gasteiger partial charge in [0.15, 0.2) is 0 Å². The smallest absolute Gasteiger partial charge is 0.227 e. The van der Waals surface area contributed by atoms with Gasteiger partial charge in [0.2, 0.25) is 5.91 Å². The van der Waals surface area contributed by atoms with Crippen molar-refractivity contribution in [1.82, 2.24) is 0 Å². The Kier molecular flexibility index (Phi) is 4.78. The number of anilines is 1. The van der Waals surface area contributed by atoms with Gasteiger partial charge in [-0.3, -0.25) is 4.79 Å². The molecule has 24 heavy (non-hydrogen) atoms. The third-order valence-corrected chi connectivity index (χ3v) is 9.99. The quantitative estimate of drug-likeness (QED) is 0.736. The van der Waals surface area contributed by atoms with Crippen LogP contribution in [-0.4, -0.2) is 21.5 Å². The number of amides is 1. The summed E-state index contributed by atoms with van der Waals surface area (Å²) >= 11 is 10.1. The van der Waals surface area contributed by atoms with E-state index in [9.17, 15) is 9.18 Å². The molecular formula is C18H21ClFNOS2. The first-order chi connectivity index (χ1) is 11.6. The van der Waals surface area contributed by atoms with Crippen LogP contribution in [0.15, 0.2) is 18.2 Å². The van der Waals surface area contributed by atoms with Crippen LogP contribution in [0.2, 0.25) is 5.02 Å². The second kappa shape index (κ2) is 6.73. The normalized spacial score (nSPS) is 31.2. The highest BCUT2D eigenvalue weighted by Crippen LogP contribution is 2.64. The highest BCUT2D eigenvalue weighted by Gasteiger charge is 2.55. The van der Waals surface area contributed by atoms with Crippen LogP contribution in [0.1, 0.15) is 32.1 Å². The minimum atomic E-state index is -0.459. The number of rotatable bonds is 2. The van der Waals surface area contributed by atoms with E-state index in [1.165, 1.54) is 42.9 Å². The van der Waals surface area contributed by atoms with Gasteiger partial charge in [-0.25, -0.2) is 4.39 Å². The van der Waals surface area contributed by atoms with E-state index in [1.54, 1.807) is 6.07 Å². The number of carbonyl (C=O) groups excluding carboxylic acids is 1. The summed E-state index contributed by atoms with van der Waals surface area (Å²) in [5.41, 5.74) is 0.585. The number of hydrogen-bond donors (Lipinski definition) is 1. The summed E-state index contributed by atoms with van der Waals surface area (Å²) in [6.07, 6.45) is 5.78. The third kappa shape index (κ3) is 2.97. The maximum atomic E-state index is 13.3. The average Bonchev–Trinajstić information content (AvgIpc) is 3.00. The number of carbonyl (C=O) groups is 1. The molecule has 1 aliphatic heterocycles. The Morgan fingerprint density at radius 1 is 1.21 bits per heavy atom. The zero-order valence-electron chi connectivity index (χ0n) is 13.4. The highest BCUT2D eigenvalue weighted by atomic mass is 35.5. The molecule has 1 saturated heterocycles. The predicted molar refractivity (Wildman–Crippen MR) is 101 cm³/mol. The molecule has 1 heterocycles. The van der Waals surface area contributed by atoms with Crippen LogP contribution in [0.25, 0.3) is 0 Å². The lowest BCUT2D eigenvalue weighted by Crippen LogP contribution is -2.48. The molecule has 2 aliphatic carbocycles. The Morgan fingerprint density at radius 2 is 1.88 bits per heavy atom. The summed E-state index contributed by atoms with van der Waals surface area (Å²) in [7, 11) is 0. The zero-order chi connectivity index (χ0) is 16.7. The van der Waals surface area contributed by atoms with Crippen molar-refractivity contribution in [3.8, 4) is 0 Å². The van der Waals surface area contributed by atoms with E-state index in [4.69, 9.17) is 11.6 Å². The van der Waals surface area contributed by atoms with Crippen LogP contribution in [0, 0.1) is 23.6 Å². The average molecular weight is 386 g/mol. The molecule has 2 bridgehead atoms. The molecule has 4 rings (SSSR count). The van der Waals surface area contributed by atoms with Gasteiger partial charge < -0.3 is 5.32 Å². The Morgan fingerprint density at radius 3 is 2.50 bits per heavy atom. The van der Waals surface area contributed by atoms with Crippen molar-refractivity contribution in [2.24, 2.45) is 17.8 Å². The first-order valence-electron chi connectivity index (χ1n) is 8.62. The van der Waals surface area contributed by atoms with Crippen LogP contribution in [0.3, 0.4) is 0 Å². The molecule has 130 valence electrons. The fourth-order valence-electron chi connectivity index (χ4n) is 4.64. The number of hydrogen-bond acceptors (Lipinski definition) is 3.